The molecular weight excluding hydrogens is 344 g/mol. The van der Waals surface area contributed by atoms with Crippen LogP contribution in [0, 0.1) is 0 Å². The summed E-state index contributed by atoms with van der Waals surface area (Å²) in [6.07, 6.45) is 0.0404. The van der Waals surface area contributed by atoms with Crippen molar-refractivity contribution in [1.29, 1.82) is 0 Å². The molecule has 0 bridgehead atoms. The van der Waals surface area contributed by atoms with E-state index < -0.39 is 0 Å². The number of anilines is 2. The highest BCUT2D eigenvalue weighted by molar-refractivity contribution is 5.91. The molecule has 0 fully saturated rings. The fraction of sp³-hybridized carbons (Fsp3) is 0.333. The number of carbonyl (C=O) groups is 2. The van der Waals surface area contributed by atoms with Gasteiger partial charge in [-0.2, -0.15) is 0 Å². The van der Waals surface area contributed by atoms with Crippen LogP contribution in [0.4, 0.5) is 21.0 Å². The van der Waals surface area contributed by atoms with E-state index in [1.54, 1.807) is 4.90 Å². The first-order chi connectivity index (χ1) is 13.0. The zero-order valence-corrected chi connectivity index (χ0v) is 15.8. The van der Waals surface area contributed by atoms with Gasteiger partial charge in [0.25, 0.3) is 0 Å². The highest BCUT2D eigenvalue weighted by Crippen LogP contribution is 2.34. The first-order valence-electron chi connectivity index (χ1n) is 9.15. The number of nitrogens with zero attached hydrogens (tertiary/aromatic N) is 1. The zero-order chi connectivity index (χ0) is 19.4. The third-order valence-corrected chi connectivity index (χ3v) is 4.53. The van der Waals surface area contributed by atoms with Gasteiger partial charge < -0.3 is 9.47 Å². The van der Waals surface area contributed by atoms with Crippen molar-refractivity contribution in [2.45, 2.75) is 39.4 Å². The smallest absolute Gasteiger partial charge is 0.414 e. The fourth-order valence-corrected chi connectivity index (χ4v) is 3.22. The van der Waals surface area contributed by atoms with E-state index >= 15 is 0 Å². The standard InChI is InChI=1S/C12H15NO2.C9H9NO2/c1-3-8-13-11-7-5-4-6-10(11)9(2)15-12(13)14;1-6-7-4-2-3-5-8(7)10-9(11)12-6/h4-7,9H,3,8H2,1-2H3;2-6H,1H3,(H,10,11). The van der Waals surface area contributed by atoms with Crippen LogP contribution in [-0.2, 0) is 9.47 Å². The molecule has 2 aromatic carbocycles. The Hall–Kier alpha value is -3.02. The molecule has 1 N–H and O–H groups in total. The minimum Gasteiger partial charge on any atom is -0.441 e. The summed E-state index contributed by atoms with van der Waals surface area (Å²) >= 11 is 0. The van der Waals surface area contributed by atoms with Gasteiger partial charge in [0.05, 0.1) is 11.4 Å². The topological polar surface area (TPSA) is 67.9 Å². The summed E-state index contributed by atoms with van der Waals surface area (Å²) in [5, 5.41) is 2.63. The van der Waals surface area contributed by atoms with Gasteiger partial charge in [-0.3, -0.25) is 10.2 Å². The first-order valence-corrected chi connectivity index (χ1v) is 9.15. The maximum Gasteiger partial charge on any atom is 0.414 e. The van der Waals surface area contributed by atoms with Crippen LogP contribution >= 0.6 is 0 Å². The van der Waals surface area contributed by atoms with E-state index in [9.17, 15) is 9.59 Å². The molecule has 0 saturated carbocycles. The second kappa shape index (κ2) is 8.12. The number of fused-ring (bicyclic) bond motifs is 2. The Balaban J connectivity index is 0.000000159. The Morgan fingerprint density at radius 3 is 2.30 bits per heavy atom. The number of nitrogens with one attached hydrogen (secondary N) is 1. The highest BCUT2D eigenvalue weighted by atomic mass is 16.6. The summed E-state index contributed by atoms with van der Waals surface area (Å²) in [4.78, 5) is 24.3. The average molecular weight is 368 g/mol. The van der Waals surface area contributed by atoms with Crippen molar-refractivity contribution in [3.8, 4) is 0 Å². The minimum atomic E-state index is -0.374. The third kappa shape index (κ3) is 4.05. The molecule has 27 heavy (non-hydrogen) atoms. The van der Waals surface area contributed by atoms with E-state index in [2.05, 4.69) is 5.32 Å². The van der Waals surface area contributed by atoms with Gasteiger partial charge >= 0.3 is 12.2 Å². The lowest BCUT2D eigenvalue weighted by molar-refractivity contribution is 0.107. The number of ether oxygens (including phenoxy) is 2. The van der Waals surface area contributed by atoms with Gasteiger partial charge in [-0.1, -0.05) is 43.3 Å². The molecule has 2 amide bonds. The van der Waals surface area contributed by atoms with Crippen LogP contribution in [0.15, 0.2) is 48.5 Å². The lowest BCUT2D eigenvalue weighted by Gasteiger charge is -2.32. The van der Waals surface area contributed by atoms with E-state index in [-0.39, 0.29) is 24.4 Å². The fourth-order valence-electron chi connectivity index (χ4n) is 3.22. The number of amides is 2. The van der Waals surface area contributed by atoms with Crippen molar-refractivity contribution >= 4 is 23.6 Å². The highest BCUT2D eigenvalue weighted by Gasteiger charge is 2.29. The normalized spacial score (nSPS) is 20.2. The van der Waals surface area contributed by atoms with Crippen molar-refractivity contribution in [1.82, 2.24) is 0 Å². The summed E-state index contributed by atoms with van der Waals surface area (Å²) < 4.78 is 10.2. The molecule has 6 heteroatoms. The lowest BCUT2D eigenvalue weighted by atomic mass is 10.1. The summed E-state index contributed by atoms with van der Waals surface area (Å²) in [5.41, 5.74) is 3.95. The maximum atomic E-state index is 11.7. The molecular formula is C21H24N2O4. The number of hydrogen-bond acceptors (Lipinski definition) is 4. The molecule has 142 valence electrons. The molecule has 2 unspecified atom stereocenters. The number of benzene rings is 2. The lowest BCUT2D eigenvalue weighted by Crippen LogP contribution is -2.37. The van der Waals surface area contributed by atoms with Gasteiger partial charge in [0.2, 0.25) is 0 Å². The van der Waals surface area contributed by atoms with E-state index in [1.807, 2.05) is 69.3 Å². The summed E-state index contributed by atoms with van der Waals surface area (Å²) in [7, 11) is 0. The second-order valence-electron chi connectivity index (χ2n) is 6.50. The Morgan fingerprint density at radius 2 is 1.56 bits per heavy atom. The van der Waals surface area contributed by atoms with Crippen LogP contribution in [0.5, 0.6) is 0 Å². The largest absolute Gasteiger partial charge is 0.441 e. The van der Waals surface area contributed by atoms with Crippen molar-refractivity contribution in [3.05, 3.63) is 59.7 Å². The molecule has 4 rings (SSSR count). The molecule has 0 radical (unpaired) electrons. The van der Waals surface area contributed by atoms with E-state index in [4.69, 9.17) is 9.47 Å². The van der Waals surface area contributed by atoms with Gasteiger partial charge in [-0.05, 0) is 32.4 Å². The average Bonchev–Trinajstić information content (AvgIpc) is 2.65. The van der Waals surface area contributed by atoms with Crippen LogP contribution in [-0.4, -0.2) is 18.7 Å². The van der Waals surface area contributed by atoms with Gasteiger partial charge in [0.1, 0.15) is 12.2 Å². The molecule has 2 aliphatic rings. The van der Waals surface area contributed by atoms with Crippen molar-refractivity contribution in [3.63, 3.8) is 0 Å². The molecule has 0 aliphatic carbocycles. The Bertz CT molecular complexity index is 836. The second-order valence-corrected chi connectivity index (χ2v) is 6.50. The zero-order valence-electron chi connectivity index (χ0n) is 15.8. The SMILES string of the molecule is CC1OC(=O)Nc2ccccc21.CCCN1C(=O)OC(C)c2ccccc21. The van der Waals surface area contributed by atoms with E-state index in [0.29, 0.717) is 6.54 Å². The monoisotopic (exact) mass is 368 g/mol. The Kier molecular flexibility index (Phi) is 5.64. The van der Waals surface area contributed by atoms with Crippen LogP contribution < -0.4 is 10.2 Å². The number of cyclic esters (lactones) is 2. The molecule has 2 heterocycles. The molecule has 2 aromatic rings. The van der Waals surface area contributed by atoms with Crippen LogP contribution in [0.2, 0.25) is 0 Å². The molecule has 0 saturated heterocycles. The molecule has 0 aromatic heterocycles. The molecule has 2 aliphatic heterocycles. The van der Waals surface area contributed by atoms with E-state index in [0.717, 1.165) is 28.9 Å². The van der Waals surface area contributed by atoms with Crippen LogP contribution in [0.25, 0.3) is 0 Å². The first kappa shape index (κ1) is 18.8. The van der Waals surface area contributed by atoms with E-state index in [1.165, 1.54) is 0 Å². The van der Waals surface area contributed by atoms with Crippen molar-refractivity contribution in [2.75, 3.05) is 16.8 Å². The summed E-state index contributed by atoms with van der Waals surface area (Å²) in [6.45, 7) is 6.52. The molecule has 6 nitrogen and oxygen atoms in total. The number of rotatable bonds is 2. The maximum absolute atomic E-state index is 11.7. The third-order valence-electron chi connectivity index (χ3n) is 4.53. The predicted molar refractivity (Wildman–Crippen MR) is 104 cm³/mol. The number of hydrogen-bond donors (Lipinski definition) is 1. The van der Waals surface area contributed by atoms with Crippen LogP contribution in [0.1, 0.15) is 50.5 Å². The summed E-state index contributed by atoms with van der Waals surface area (Å²) in [6, 6.07) is 15.5. The van der Waals surface area contributed by atoms with Gasteiger partial charge in [-0.15, -0.1) is 0 Å². The van der Waals surface area contributed by atoms with Crippen LogP contribution in [0.3, 0.4) is 0 Å². The van der Waals surface area contributed by atoms with Gasteiger partial charge in [-0.25, -0.2) is 9.59 Å². The number of para-hydroxylation sites is 2. The number of carbonyl (C=O) groups excluding carboxylic acids is 2. The predicted octanol–water partition coefficient (Wildman–Crippen LogP) is 5.42. The summed E-state index contributed by atoms with van der Waals surface area (Å²) in [5.74, 6) is 0. The Labute approximate surface area is 159 Å². The minimum absolute atomic E-state index is 0.137. The molecule has 2 atom stereocenters. The quantitative estimate of drug-likeness (QED) is 0.768. The Morgan fingerprint density at radius 1 is 0.926 bits per heavy atom. The van der Waals surface area contributed by atoms with Crippen molar-refractivity contribution in [2.24, 2.45) is 0 Å². The van der Waals surface area contributed by atoms with Crippen molar-refractivity contribution < 1.29 is 19.1 Å². The van der Waals surface area contributed by atoms with Gasteiger partial charge in [0, 0.05) is 17.7 Å². The molecule has 0 spiro atoms. The van der Waals surface area contributed by atoms with Gasteiger partial charge in [0.15, 0.2) is 0 Å².